The minimum Gasteiger partial charge on any atom is -0.350 e. The van der Waals surface area contributed by atoms with Gasteiger partial charge in [-0.15, -0.1) is 0 Å². The van der Waals surface area contributed by atoms with Gasteiger partial charge in [0.05, 0.1) is 5.69 Å². The second kappa shape index (κ2) is 8.36. The Balaban J connectivity index is 1.42. The normalized spacial score (nSPS) is 16.3. The van der Waals surface area contributed by atoms with E-state index in [0.29, 0.717) is 0 Å². The van der Waals surface area contributed by atoms with E-state index >= 15 is 0 Å². The van der Waals surface area contributed by atoms with E-state index in [1.165, 1.54) is 0 Å². The second-order valence-electron chi connectivity index (χ2n) is 5.99. The summed E-state index contributed by atoms with van der Waals surface area (Å²) in [5.74, 6) is -0.0324. The molecule has 1 N–H and O–H groups in total. The first kappa shape index (κ1) is 16.3. The Morgan fingerprint density at radius 1 is 1.17 bits per heavy atom. The third kappa shape index (κ3) is 4.99. The van der Waals surface area contributed by atoms with Gasteiger partial charge >= 0.3 is 0 Å². The van der Waals surface area contributed by atoms with Gasteiger partial charge in [-0.25, -0.2) is 0 Å². The molecule has 0 bridgehead atoms. The Morgan fingerprint density at radius 3 is 2.67 bits per heavy atom. The van der Waals surface area contributed by atoms with Crippen molar-refractivity contribution in [1.29, 1.82) is 0 Å². The molecule has 124 valence electrons. The molecule has 3 heterocycles. The summed E-state index contributed by atoms with van der Waals surface area (Å²) >= 11 is 0. The van der Waals surface area contributed by atoms with Crippen LogP contribution >= 0.6 is 0 Å². The molecule has 2 aromatic rings. The van der Waals surface area contributed by atoms with E-state index in [9.17, 15) is 4.79 Å². The number of nitrogens with zero attached hydrogens (tertiary/aromatic N) is 3. The second-order valence-corrected chi connectivity index (χ2v) is 5.99. The molecule has 1 saturated heterocycles. The molecule has 0 radical (unpaired) electrons. The van der Waals surface area contributed by atoms with Gasteiger partial charge in [0, 0.05) is 50.3 Å². The van der Waals surface area contributed by atoms with E-state index in [-0.39, 0.29) is 11.9 Å². The molecule has 1 aliphatic rings. The highest BCUT2D eigenvalue weighted by Crippen LogP contribution is 2.13. The van der Waals surface area contributed by atoms with Gasteiger partial charge < -0.3 is 5.32 Å². The number of rotatable bonds is 5. The number of carbonyl (C=O) groups is 1. The fourth-order valence-corrected chi connectivity index (χ4v) is 2.85. The lowest BCUT2D eigenvalue weighted by Crippen LogP contribution is -2.43. The fraction of sp³-hybridized carbons (Fsp3) is 0.316. The molecule has 0 spiro atoms. The zero-order valence-corrected chi connectivity index (χ0v) is 13.6. The monoisotopic (exact) mass is 322 g/mol. The quantitative estimate of drug-likeness (QED) is 0.858. The molecule has 0 saturated carbocycles. The number of amides is 1. The predicted octanol–water partition coefficient (Wildman–Crippen LogP) is 2.27. The topological polar surface area (TPSA) is 58.1 Å². The number of hydrogen-bond donors (Lipinski definition) is 1. The van der Waals surface area contributed by atoms with E-state index in [1.54, 1.807) is 18.5 Å². The molecule has 5 heteroatoms. The SMILES string of the molecule is O=C(/C=C/c1ccncc1)NC1CCN(Cc2ccccn2)CC1. The van der Waals surface area contributed by atoms with Gasteiger partial charge in [-0.2, -0.15) is 0 Å². The summed E-state index contributed by atoms with van der Waals surface area (Å²) in [7, 11) is 0. The van der Waals surface area contributed by atoms with Crippen molar-refractivity contribution in [3.8, 4) is 0 Å². The zero-order valence-electron chi connectivity index (χ0n) is 13.6. The van der Waals surface area contributed by atoms with Crippen LogP contribution in [0.15, 0.2) is 55.0 Å². The third-order valence-electron chi connectivity index (χ3n) is 4.18. The van der Waals surface area contributed by atoms with Crippen molar-refractivity contribution in [3.63, 3.8) is 0 Å². The van der Waals surface area contributed by atoms with Crippen molar-refractivity contribution in [3.05, 3.63) is 66.3 Å². The Hall–Kier alpha value is -2.53. The number of piperidine rings is 1. The van der Waals surface area contributed by atoms with Gasteiger partial charge in [0.15, 0.2) is 0 Å². The first-order valence-corrected chi connectivity index (χ1v) is 8.30. The first-order chi connectivity index (χ1) is 11.8. The lowest BCUT2D eigenvalue weighted by molar-refractivity contribution is -0.117. The minimum atomic E-state index is -0.0324. The van der Waals surface area contributed by atoms with Crippen LogP contribution in [-0.2, 0) is 11.3 Å². The van der Waals surface area contributed by atoms with Crippen LogP contribution in [0.4, 0.5) is 0 Å². The Labute approximate surface area is 142 Å². The summed E-state index contributed by atoms with van der Waals surface area (Å²) in [5, 5.41) is 3.09. The van der Waals surface area contributed by atoms with Crippen LogP contribution < -0.4 is 5.32 Å². The third-order valence-corrected chi connectivity index (χ3v) is 4.18. The molecule has 2 aromatic heterocycles. The van der Waals surface area contributed by atoms with E-state index in [0.717, 1.165) is 43.7 Å². The molecule has 1 aliphatic heterocycles. The average molecular weight is 322 g/mol. The highest BCUT2D eigenvalue weighted by Gasteiger charge is 2.20. The molecule has 3 rings (SSSR count). The number of hydrogen-bond acceptors (Lipinski definition) is 4. The maximum absolute atomic E-state index is 12.0. The molecule has 24 heavy (non-hydrogen) atoms. The number of aromatic nitrogens is 2. The molecule has 1 amide bonds. The van der Waals surface area contributed by atoms with Gasteiger partial charge in [0.25, 0.3) is 0 Å². The van der Waals surface area contributed by atoms with Crippen molar-refractivity contribution in [2.45, 2.75) is 25.4 Å². The number of carbonyl (C=O) groups excluding carboxylic acids is 1. The molecule has 0 aliphatic carbocycles. The van der Waals surface area contributed by atoms with E-state index in [4.69, 9.17) is 0 Å². The average Bonchev–Trinajstić information content (AvgIpc) is 2.63. The number of pyridine rings is 2. The molecule has 0 atom stereocenters. The standard InChI is InChI=1S/C19H22N4O/c24-19(5-4-16-6-11-20-12-7-16)22-17-8-13-23(14-9-17)15-18-3-1-2-10-21-18/h1-7,10-12,17H,8-9,13-15H2,(H,22,24)/b5-4+. The van der Waals surface area contributed by atoms with Gasteiger partial charge in [0.1, 0.15) is 0 Å². The number of likely N-dealkylation sites (tertiary alicyclic amines) is 1. The van der Waals surface area contributed by atoms with Crippen LogP contribution in [0.1, 0.15) is 24.1 Å². The highest BCUT2D eigenvalue weighted by molar-refractivity contribution is 5.91. The Kier molecular flexibility index (Phi) is 5.69. The van der Waals surface area contributed by atoms with Crippen molar-refractivity contribution in [2.75, 3.05) is 13.1 Å². The molecule has 0 unspecified atom stereocenters. The van der Waals surface area contributed by atoms with Gasteiger partial charge in [-0.1, -0.05) is 6.07 Å². The Bertz CT molecular complexity index is 664. The van der Waals surface area contributed by atoms with Gasteiger partial charge in [-0.05, 0) is 48.7 Å². The summed E-state index contributed by atoms with van der Waals surface area (Å²) in [6, 6.07) is 10.0. The lowest BCUT2D eigenvalue weighted by Gasteiger charge is -2.31. The van der Waals surface area contributed by atoms with Crippen molar-refractivity contribution >= 4 is 12.0 Å². The van der Waals surface area contributed by atoms with E-state index < -0.39 is 0 Å². The van der Waals surface area contributed by atoms with Crippen LogP contribution in [0.25, 0.3) is 6.08 Å². The summed E-state index contributed by atoms with van der Waals surface area (Å²) in [4.78, 5) is 22.7. The molecular weight excluding hydrogens is 300 g/mol. The minimum absolute atomic E-state index is 0.0324. The maximum Gasteiger partial charge on any atom is 0.244 e. The van der Waals surface area contributed by atoms with Crippen molar-refractivity contribution in [2.24, 2.45) is 0 Å². The van der Waals surface area contributed by atoms with Crippen LogP contribution in [0.2, 0.25) is 0 Å². The van der Waals surface area contributed by atoms with E-state index in [2.05, 4.69) is 26.3 Å². The van der Waals surface area contributed by atoms with Crippen LogP contribution in [-0.4, -0.2) is 39.9 Å². The smallest absolute Gasteiger partial charge is 0.244 e. The molecular formula is C19H22N4O. The van der Waals surface area contributed by atoms with Crippen molar-refractivity contribution < 1.29 is 4.79 Å². The first-order valence-electron chi connectivity index (χ1n) is 8.30. The van der Waals surface area contributed by atoms with Crippen LogP contribution in [0, 0.1) is 0 Å². The summed E-state index contributed by atoms with van der Waals surface area (Å²) in [6.45, 7) is 2.84. The molecule has 0 aromatic carbocycles. The largest absolute Gasteiger partial charge is 0.350 e. The zero-order chi connectivity index (χ0) is 16.6. The van der Waals surface area contributed by atoms with Crippen molar-refractivity contribution in [1.82, 2.24) is 20.2 Å². The number of nitrogens with one attached hydrogen (secondary N) is 1. The summed E-state index contributed by atoms with van der Waals surface area (Å²) in [6.07, 6.45) is 10.6. The van der Waals surface area contributed by atoms with Gasteiger partial charge in [0.2, 0.25) is 5.91 Å². The lowest BCUT2D eigenvalue weighted by atomic mass is 10.0. The summed E-state index contributed by atoms with van der Waals surface area (Å²) in [5.41, 5.74) is 2.07. The highest BCUT2D eigenvalue weighted by atomic mass is 16.1. The predicted molar refractivity (Wildman–Crippen MR) is 93.9 cm³/mol. The Morgan fingerprint density at radius 2 is 1.96 bits per heavy atom. The van der Waals surface area contributed by atoms with Gasteiger partial charge in [-0.3, -0.25) is 19.7 Å². The molecule has 5 nitrogen and oxygen atoms in total. The maximum atomic E-state index is 12.0. The van der Waals surface area contributed by atoms with Crippen LogP contribution in [0.5, 0.6) is 0 Å². The fourth-order valence-electron chi connectivity index (χ4n) is 2.85. The van der Waals surface area contributed by atoms with E-state index in [1.807, 2.05) is 36.5 Å². The van der Waals surface area contributed by atoms with Crippen LogP contribution in [0.3, 0.4) is 0 Å². The summed E-state index contributed by atoms with van der Waals surface area (Å²) < 4.78 is 0. The molecule has 1 fully saturated rings.